The zero-order chi connectivity index (χ0) is 17.7. The number of carbonyl (C=O) groups excluding carboxylic acids is 1. The summed E-state index contributed by atoms with van der Waals surface area (Å²) in [6.45, 7) is 7.17. The van der Waals surface area contributed by atoms with Crippen LogP contribution in [0.2, 0.25) is 0 Å². The molecule has 2 heteroatoms. The maximum atomic E-state index is 12.1. The smallest absolute Gasteiger partial charge is 0.306 e. The highest BCUT2D eigenvalue weighted by Crippen LogP contribution is 2.66. The third-order valence-corrected chi connectivity index (χ3v) is 9.22. The van der Waals surface area contributed by atoms with E-state index in [-0.39, 0.29) is 17.5 Å². The van der Waals surface area contributed by atoms with Crippen LogP contribution in [0, 0.1) is 34.5 Å². The number of carbonyl (C=O) groups is 1. The second-order valence-electron chi connectivity index (χ2n) is 10.3. The highest BCUT2D eigenvalue weighted by atomic mass is 16.5. The quantitative estimate of drug-likeness (QED) is 0.574. The SMILES string of the molecule is CCCC(=O)OC1CCC2C3CCC4CCCCC4(C)C3CCC12C. The zero-order valence-corrected chi connectivity index (χ0v) is 16.7. The van der Waals surface area contributed by atoms with E-state index in [1.54, 1.807) is 0 Å². The van der Waals surface area contributed by atoms with E-state index < -0.39 is 0 Å². The topological polar surface area (TPSA) is 26.3 Å². The molecule has 7 unspecified atom stereocenters. The molecule has 142 valence electrons. The summed E-state index contributed by atoms with van der Waals surface area (Å²) >= 11 is 0. The lowest BCUT2D eigenvalue weighted by atomic mass is 9.45. The lowest BCUT2D eigenvalue weighted by Crippen LogP contribution is -2.53. The van der Waals surface area contributed by atoms with Crippen molar-refractivity contribution < 1.29 is 9.53 Å². The standard InChI is InChI=1S/C23H38O2/c1-4-7-21(24)25-20-12-11-18-17-10-9-16-8-5-6-14-22(16,2)19(17)13-15-23(18,20)3/h16-20H,4-15H2,1-3H3. The molecule has 0 aliphatic heterocycles. The van der Waals surface area contributed by atoms with Crippen LogP contribution in [0.5, 0.6) is 0 Å². The summed E-state index contributed by atoms with van der Waals surface area (Å²) in [7, 11) is 0. The molecule has 4 aliphatic rings. The number of hydrogen-bond acceptors (Lipinski definition) is 2. The van der Waals surface area contributed by atoms with Gasteiger partial charge < -0.3 is 4.74 Å². The first-order valence-corrected chi connectivity index (χ1v) is 11.2. The molecule has 4 fully saturated rings. The molecule has 4 aliphatic carbocycles. The van der Waals surface area contributed by atoms with Crippen LogP contribution in [0.1, 0.15) is 97.8 Å². The van der Waals surface area contributed by atoms with E-state index in [1.165, 1.54) is 57.8 Å². The Morgan fingerprint density at radius 3 is 2.52 bits per heavy atom. The predicted octanol–water partition coefficient (Wildman–Crippen LogP) is 6.13. The Kier molecular flexibility index (Phi) is 4.69. The average molecular weight is 347 g/mol. The Labute approximate surface area is 154 Å². The molecule has 0 aromatic heterocycles. The average Bonchev–Trinajstić information content (AvgIpc) is 2.91. The van der Waals surface area contributed by atoms with Gasteiger partial charge in [-0.2, -0.15) is 0 Å². The number of esters is 1. The van der Waals surface area contributed by atoms with E-state index in [0.29, 0.717) is 11.8 Å². The second kappa shape index (κ2) is 6.57. The minimum absolute atomic E-state index is 0.0412. The van der Waals surface area contributed by atoms with Gasteiger partial charge >= 0.3 is 5.97 Å². The summed E-state index contributed by atoms with van der Waals surface area (Å²) in [5.41, 5.74) is 0.863. The number of fused-ring (bicyclic) bond motifs is 5. The molecule has 0 aromatic carbocycles. The van der Waals surface area contributed by atoms with Crippen LogP contribution in [0.4, 0.5) is 0 Å². The van der Waals surface area contributed by atoms with E-state index in [1.807, 2.05) is 0 Å². The van der Waals surface area contributed by atoms with E-state index in [0.717, 1.165) is 36.5 Å². The molecule has 0 heterocycles. The van der Waals surface area contributed by atoms with Gasteiger partial charge in [0.2, 0.25) is 0 Å². The lowest BCUT2D eigenvalue weighted by molar-refractivity contribution is -0.163. The summed E-state index contributed by atoms with van der Waals surface area (Å²) in [5, 5.41) is 0. The van der Waals surface area contributed by atoms with Crippen LogP contribution < -0.4 is 0 Å². The molecule has 0 bridgehead atoms. The summed E-state index contributed by atoms with van der Waals surface area (Å²) in [6.07, 6.45) is 15.5. The highest BCUT2D eigenvalue weighted by molar-refractivity contribution is 5.69. The first-order chi connectivity index (χ1) is 12.0. The fraction of sp³-hybridized carbons (Fsp3) is 0.957. The van der Waals surface area contributed by atoms with Crippen LogP contribution in [0.3, 0.4) is 0 Å². The number of ether oxygens (including phenoxy) is 1. The maximum absolute atomic E-state index is 12.1. The lowest BCUT2D eigenvalue weighted by Gasteiger charge is -2.60. The van der Waals surface area contributed by atoms with E-state index >= 15 is 0 Å². The third kappa shape index (κ3) is 2.77. The van der Waals surface area contributed by atoms with Crippen molar-refractivity contribution in [1.29, 1.82) is 0 Å². The molecule has 2 nitrogen and oxygen atoms in total. The van der Waals surface area contributed by atoms with Gasteiger partial charge in [-0.15, -0.1) is 0 Å². The third-order valence-electron chi connectivity index (χ3n) is 9.22. The van der Waals surface area contributed by atoms with Crippen LogP contribution in [0.25, 0.3) is 0 Å². The van der Waals surface area contributed by atoms with Gasteiger partial charge in [0.25, 0.3) is 0 Å². The molecule has 0 saturated heterocycles. The van der Waals surface area contributed by atoms with Crippen molar-refractivity contribution in [2.75, 3.05) is 0 Å². The molecule has 7 atom stereocenters. The summed E-state index contributed by atoms with van der Waals surface area (Å²) in [4.78, 5) is 12.1. The van der Waals surface area contributed by atoms with Gasteiger partial charge in [0.15, 0.2) is 0 Å². The van der Waals surface area contributed by atoms with Crippen molar-refractivity contribution in [3.63, 3.8) is 0 Å². The van der Waals surface area contributed by atoms with Crippen molar-refractivity contribution in [3.05, 3.63) is 0 Å². The van der Waals surface area contributed by atoms with Gasteiger partial charge in [-0.3, -0.25) is 4.79 Å². The molecule has 0 spiro atoms. The first-order valence-electron chi connectivity index (χ1n) is 11.2. The van der Waals surface area contributed by atoms with Gasteiger partial charge in [-0.25, -0.2) is 0 Å². The number of hydrogen-bond donors (Lipinski definition) is 0. The Balaban J connectivity index is 1.52. The fourth-order valence-corrected chi connectivity index (χ4v) is 7.86. The molecule has 4 saturated carbocycles. The molecule has 0 aromatic rings. The monoisotopic (exact) mass is 346 g/mol. The molecule has 25 heavy (non-hydrogen) atoms. The van der Waals surface area contributed by atoms with Crippen molar-refractivity contribution in [2.45, 2.75) is 104 Å². The molecular weight excluding hydrogens is 308 g/mol. The molecule has 0 amide bonds. The highest BCUT2D eigenvalue weighted by Gasteiger charge is 2.60. The number of rotatable bonds is 3. The zero-order valence-electron chi connectivity index (χ0n) is 16.7. The van der Waals surface area contributed by atoms with Crippen molar-refractivity contribution in [1.82, 2.24) is 0 Å². The minimum Gasteiger partial charge on any atom is -0.462 e. The summed E-state index contributed by atoms with van der Waals surface area (Å²) in [6, 6.07) is 0. The largest absolute Gasteiger partial charge is 0.462 e. The Morgan fingerprint density at radius 2 is 1.72 bits per heavy atom. The molecule has 4 rings (SSSR count). The Bertz CT molecular complexity index is 514. The normalized spacial score (nSPS) is 49.0. The molecular formula is C23H38O2. The van der Waals surface area contributed by atoms with Crippen molar-refractivity contribution in [2.24, 2.45) is 34.5 Å². The summed E-state index contributed by atoms with van der Waals surface area (Å²) < 4.78 is 6.00. The Hall–Kier alpha value is -0.530. The first kappa shape index (κ1) is 17.9. The van der Waals surface area contributed by atoms with Crippen LogP contribution >= 0.6 is 0 Å². The predicted molar refractivity (Wildman–Crippen MR) is 101 cm³/mol. The Morgan fingerprint density at radius 1 is 0.920 bits per heavy atom. The van der Waals surface area contributed by atoms with Gasteiger partial charge in [0.05, 0.1) is 0 Å². The van der Waals surface area contributed by atoms with Gasteiger partial charge in [-0.05, 0) is 86.9 Å². The van der Waals surface area contributed by atoms with Crippen molar-refractivity contribution >= 4 is 5.97 Å². The van der Waals surface area contributed by atoms with Crippen LogP contribution in [-0.4, -0.2) is 12.1 Å². The van der Waals surface area contributed by atoms with Gasteiger partial charge in [-0.1, -0.05) is 33.6 Å². The maximum Gasteiger partial charge on any atom is 0.306 e. The van der Waals surface area contributed by atoms with E-state index in [4.69, 9.17) is 4.74 Å². The van der Waals surface area contributed by atoms with E-state index in [2.05, 4.69) is 20.8 Å². The fourth-order valence-electron chi connectivity index (χ4n) is 7.86. The van der Waals surface area contributed by atoms with Gasteiger partial charge in [0, 0.05) is 11.8 Å². The second-order valence-corrected chi connectivity index (χ2v) is 10.3. The van der Waals surface area contributed by atoms with Crippen LogP contribution in [-0.2, 0) is 9.53 Å². The molecule has 0 N–H and O–H groups in total. The van der Waals surface area contributed by atoms with Crippen LogP contribution in [0.15, 0.2) is 0 Å². The van der Waals surface area contributed by atoms with Gasteiger partial charge in [0.1, 0.15) is 6.10 Å². The minimum atomic E-state index is 0.0412. The molecule has 0 radical (unpaired) electrons. The summed E-state index contributed by atoms with van der Waals surface area (Å²) in [5.74, 6) is 3.67. The van der Waals surface area contributed by atoms with Crippen molar-refractivity contribution in [3.8, 4) is 0 Å². The van der Waals surface area contributed by atoms with E-state index in [9.17, 15) is 4.79 Å².